The number of aryl methyl sites for hydroxylation is 2. The van der Waals surface area contributed by atoms with Crippen LogP contribution in [-0.2, 0) is 67.9 Å². The van der Waals surface area contributed by atoms with Crippen molar-refractivity contribution in [3.8, 4) is 11.8 Å². The molecule has 4 aliphatic heterocycles. The molecule has 0 bridgehead atoms. The summed E-state index contributed by atoms with van der Waals surface area (Å²) in [6.45, 7) is 11.0. The Morgan fingerprint density at radius 3 is 1.25 bits per heavy atom. The first kappa shape index (κ1) is 91.1. The van der Waals surface area contributed by atoms with Gasteiger partial charge in [0, 0.05) is 48.1 Å². The Labute approximate surface area is 710 Å². The van der Waals surface area contributed by atoms with E-state index in [1.807, 2.05) is 26.0 Å². The van der Waals surface area contributed by atoms with Gasteiger partial charge in [0.15, 0.2) is 11.6 Å². The third-order valence-electron chi connectivity index (χ3n) is 26.0. The SMILES string of the molecule is Cc1cn2c(n1)nc(O[C@@H]1C[C@H]3C(=O)C[C@]4(C(=O)NS(=O)(=O)C5(CF)CC5)C[C@H]4/C=C\CC[C@@H](C)C[C@@H](C)[C@H](CC(=O)OC(C)(C)C(F)(F)F)C(=O)N3C1)c1cc(Cl)ccc12.Cc1cn2c(n1)nc(O[C@@H]1C[C@H]3C(=O)C[C@]4(C(=O)NS(=O)(=O)C5(CF)CC5)C[C@H]4/C=C\CC[C@H](C)C[C@@H](C)[C@H](CC(=O)OC(C)(C)C(F)(F)F)C(=O)N3C1)c1cc(Cl)ccc12. The van der Waals surface area contributed by atoms with Crippen LogP contribution in [0, 0.1) is 72.0 Å². The number of carbonyl (C=O) groups is 8. The number of nitrogens with one attached hydrogen (secondary N) is 2. The molecular formula is C84H100Cl2F8N10O16S2. The van der Waals surface area contributed by atoms with E-state index in [2.05, 4.69) is 29.4 Å². The lowest BCUT2D eigenvalue weighted by Gasteiger charge is -2.33. The fraction of sp³-hybridized carbons (Fsp3) is 0.619. The van der Waals surface area contributed by atoms with Gasteiger partial charge in [0.1, 0.15) is 35.1 Å². The van der Waals surface area contributed by atoms with Crippen molar-refractivity contribution in [1.29, 1.82) is 0 Å². The number of rotatable bonds is 18. The first-order valence-corrected chi connectivity index (χ1v) is 44.8. The van der Waals surface area contributed by atoms with Gasteiger partial charge in [-0.2, -0.15) is 36.3 Å². The third-order valence-corrected chi connectivity index (χ3v) is 30.7. The number of alkyl halides is 8. The summed E-state index contributed by atoms with van der Waals surface area (Å²) in [7, 11) is -8.87. The van der Waals surface area contributed by atoms with Gasteiger partial charge in [-0.3, -0.25) is 56.6 Å². The second-order valence-corrected chi connectivity index (χ2v) is 41.2. The molecule has 0 radical (unpaired) electrons. The number of imidazole rings is 2. The minimum absolute atomic E-state index is 0.0324. The molecule has 0 unspecified atom stereocenters. The van der Waals surface area contributed by atoms with E-state index in [-0.39, 0.29) is 88.1 Å². The quantitative estimate of drug-likeness (QED) is 0.0458. The average molecular weight is 1790 g/mol. The molecule has 122 heavy (non-hydrogen) atoms. The zero-order valence-corrected chi connectivity index (χ0v) is 72.3. The minimum atomic E-state index is -4.90. The van der Waals surface area contributed by atoms with Crippen LogP contribution in [0.15, 0.2) is 73.1 Å². The molecule has 6 fully saturated rings. The van der Waals surface area contributed by atoms with Crippen molar-refractivity contribution in [2.75, 3.05) is 26.4 Å². The summed E-state index contributed by atoms with van der Waals surface area (Å²) in [5, 5.41) is 1.76. The Kier molecular flexibility index (Phi) is 25.2. The van der Waals surface area contributed by atoms with E-state index in [0.717, 1.165) is 27.7 Å². The Balaban J connectivity index is 0.000000210. The van der Waals surface area contributed by atoms with Gasteiger partial charge in [-0.15, -0.1) is 0 Å². The highest BCUT2D eigenvalue weighted by atomic mass is 35.5. The summed E-state index contributed by atoms with van der Waals surface area (Å²) in [5.74, 6) is -10.8. The highest BCUT2D eigenvalue weighted by Gasteiger charge is 2.66. The van der Waals surface area contributed by atoms with Crippen molar-refractivity contribution in [3.05, 3.63) is 94.5 Å². The number of allylic oxidation sites excluding steroid dienone is 4. The summed E-state index contributed by atoms with van der Waals surface area (Å²) in [6.07, 6.45) is 0.157. The Morgan fingerprint density at radius 1 is 0.549 bits per heavy atom. The fourth-order valence-corrected chi connectivity index (χ4v) is 20.9. The zero-order chi connectivity index (χ0) is 88.9. The first-order chi connectivity index (χ1) is 57.0. The number of ether oxygens (including phenoxy) is 4. The lowest BCUT2D eigenvalue weighted by atomic mass is 9.82. The van der Waals surface area contributed by atoms with E-state index >= 15 is 0 Å². The second kappa shape index (κ2) is 33.7. The highest BCUT2D eigenvalue weighted by molar-refractivity contribution is 7.92. The summed E-state index contributed by atoms with van der Waals surface area (Å²) in [6, 6.07) is 7.68. The molecule has 4 amide bonds. The maximum absolute atomic E-state index is 14.9. The summed E-state index contributed by atoms with van der Waals surface area (Å²) in [5.41, 5.74) is -6.08. The van der Waals surface area contributed by atoms with E-state index < -0.39 is 210 Å². The molecule has 4 aromatic heterocycles. The molecular weight excluding hydrogens is 1690 g/mol. The molecule has 664 valence electrons. The van der Waals surface area contributed by atoms with Gasteiger partial charge in [0.2, 0.25) is 78.2 Å². The lowest BCUT2D eigenvalue weighted by molar-refractivity contribution is -0.257. The van der Waals surface area contributed by atoms with Crippen molar-refractivity contribution < 1.29 is 109 Å². The maximum atomic E-state index is 14.9. The number of ketones is 2. The molecule has 6 aromatic rings. The van der Waals surface area contributed by atoms with Crippen molar-refractivity contribution >= 4 is 124 Å². The summed E-state index contributed by atoms with van der Waals surface area (Å²) >= 11 is 12.8. The molecule has 38 heteroatoms. The minimum Gasteiger partial charge on any atom is -0.472 e. The molecule has 14 atom stereocenters. The van der Waals surface area contributed by atoms with Gasteiger partial charge >= 0.3 is 24.3 Å². The van der Waals surface area contributed by atoms with Crippen molar-refractivity contribution in [2.24, 2.45) is 58.2 Å². The Bertz CT molecular complexity index is 5130. The van der Waals surface area contributed by atoms with Crippen LogP contribution in [0.1, 0.15) is 182 Å². The predicted octanol–water partition coefficient (Wildman–Crippen LogP) is 14.0. The number of carbonyl (C=O) groups excluding carboxylic acids is 8. The number of amides is 4. The lowest BCUT2D eigenvalue weighted by Crippen LogP contribution is -2.49. The van der Waals surface area contributed by atoms with E-state index in [0.29, 0.717) is 93.3 Å². The van der Waals surface area contributed by atoms with E-state index in [9.17, 15) is 90.3 Å². The van der Waals surface area contributed by atoms with E-state index in [1.54, 1.807) is 97.4 Å². The van der Waals surface area contributed by atoms with Crippen LogP contribution in [-0.4, -0.2) is 186 Å². The van der Waals surface area contributed by atoms with Crippen molar-refractivity contribution in [3.63, 3.8) is 0 Å². The van der Waals surface area contributed by atoms with Gasteiger partial charge < -0.3 is 28.7 Å². The van der Waals surface area contributed by atoms with Crippen LogP contribution in [0.5, 0.6) is 11.8 Å². The van der Waals surface area contributed by atoms with Crippen LogP contribution in [0.2, 0.25) is 10.0 Å². The van der Waals surface area contributed by atoms with Crippen LogP contribution < -0.4 is 18.9 Å². The fourth-order valence-electron chi connectivity index (χ4n) is 17.7. The van der Waals surface area contributed by atoms with Gasteiger partial charge in [-0.25, -0.2) is 35.6 Å². The number of esters is 2. The molecule has 2 aromatic carbocycles. The van der Waals surface area contributed by atoms with Crippen LogP contribution in [0.4, 0.5) is 35.1 Å². The Morgan fingerprint density at radius 2 is 0.910 bits per heavy atom. The average Bonchev–Trinajstić information content (AvgIpc) is 1.56. The number of aromatic nitrogens is 6. The van der Waals surface area contributed by atoms with E-state index in [1.165, 1.54) is 9.80 Å². The molecule has 2 N–H and O–H groups in total. The van der Waals surface area contributed by atoms with Gasteiger partial charge in [-0.1, -0.05) is 75.2 Å². The predicted molar refractivity (Wildman–Crippen MR) is 431 cm³/mol. The summed E-state index contributed by atoms with van der Waals surface area (Å²) < 4.78 is 191. The Hall–Kier alpha value is -8.64. The summed E-state index contributed by atoms with van der Waals surface area (Å²) in [4.78, 5) is 135. The van der Waals surface area contributed by atoms with Crippen LogP contribution >= 0.6 is 23.2 Å². The molecule has 8 heterocycles. The number of hydrogen-bond donors (Lipinski definition) is 2. The topological polar surface area (TPSA) is 333 Å². The number of benzene rings is 2. The standard InChI is InChI=1S/2C42H50ClF4N5O8S/c2*1-23-8-6-7-9-26-18-41(26,37(56)50-61(57,58)40(22-44)12-13-40)19-33(53)32-16-28(59-35-30-15-27(43)10-11-31(30)52-20-25(3)48-38(52)49-35)21-51(32)36(55)29(24(2)14-23)17-34(54)60-39(4,5)42(45,46)47/h2*7,9-11,15,20,23-24,26,28-29,32H,6,8,12-14,16-19,21-22H2,1-5H3,(H,50,56)/b2*9-7-/t23-,24+,26+,28+,29-,32-,41+;23-,24-,26-,28-,29+,32+,41-/m01/s1. The number of fused-ring (bicyclic) bond motifs is 10. The van der Waals surface area contributed by atoms with Crippen molar-refractivity contribution in [2.45, 2.75) is 242 Å². The molecule has 8 aliphatic rings. The van der Waals surface area contributed by atoms with Gasteiger partial charge in [-0.05, 0) is 190 Å². The van der Waals surface area contributed by atoms with E-state index in [4.69, 9.17) is 42.1 Å². The highest BCUT2D eigenvalue weighted by Crippen LogP contribution is 2.60. The van der Waals surface area contributed by atoms with Gasteiger partial charge in [0.25, 0.3) is 0 Å². The van der Waals surface area contributed by atoms with Crippen molar-refractivity contribution in [1.82, 2.24) is 48.0 Å². The maximum Gasteiger partial charge on any atom is 0.427 e. The number of Topliss-reactive ketones (excluding diaryl/α,β-unsaturated/α-hetero) is 2. The smallest absolute Gasteiger partial charge is 0.427 e. The normalized spacial score (nSPS) is 29.0. The van der Waals surface area contributed by atoms with Crippen LogP contribution in [0.3, 0.4) is 0 Å². The monoisotopic (exact) mass is 1790 g/mol. The number of halogens is 10. The molecule has 14 rings (SSSR count). The molecule has 26 nitrogen and oxygen atoms in total. The molecule has 2 saturated heterocycles. The third kappa shape index (κ3) is 18.4. The number of sulfonamides is 2. The molecule has 4 saturated carbocycles. The largest absolute Gasteiger partial charge is 0.472 e. The van der Waals surface area contributed by atoms with Crippen LogP contribution in [0.25, 0.3) is 33.4 Å². The molecule has 0 spiro atoms. The zero-order valence-electron chi connectivity index (χ0n) is 69.1. The van der Waals surface area contributed by atoms with Gasteiger partial charge in [0.05, 0.1) is 93.9 Å². The molecule has 4 aliphatic carbocycles. The number of nitrogens with zero attached hydrogens (tertiary/aromatic N) is 8. The first-order valence-electron chi connectivity index (χ1n) is 41.0. The number of hydrogen-bond acceptors (Lipinski definition) is 20. The second-order valence-electron chi connectivity index (χ2n) is 36.2.